The summed E-state index contributed by atoms with van der Waals surface area (Å²) in [5.41, 5.74) is 1.83. The third-order valence-electron chi connectivity index (χ3n) is 4.76. The van der Waals surface area contributed by atoms with Crippen molar-refractivity contribution >= 4 is 11.7 Å². The van der Waals surface area contributed by atoms with Crippen molar-refractivity contribution in [2.75, 3.05) is 31.1 Å². The molecular formula is C21H27N3O2. The van der Waals surface area contributed by atoms with E-state index in [1.54, 1.807) is 12.3 Å². The lowest BCUT2D eigenvalue weighted by Gasteiger charge is -2.33. The summed E-state index contributed by atoms with van der Waals surface area (Å²) in [4.78, 5) is 18.8. The average Bonchev–Trinajstić information content (AvgIpc) is 2.68. The Bertz CT molecular complexity index is 748. The number of nitrogens with zero attached hydrogens (tertiary/aromatic N) is 2. The molecule has 0 spiro atoms. The topological polar surface area (TPSA) is 54.5 Å². The molecule has 2 heterocycles. The minimum atomic E-state index is -0.0485. The lowest BCUT2D eigenvalue weighted by molar-refractivity contribution is 0.0955. The molecule has 2 aromatic rings. The number of aryl methyl sites for hydroxylation is 1. The summed E-state index contributed by atoms with van der Waals surface area (Å²) in [6, 6.07) is 11.8. The number of benzene rings is 1. The van der Waals surface area contributed by atoms with E-state index in [0.29, 0.717) is 24.6 Å². The van der Waals surface area contributed by atoms with E-state index >= 15 is 0 Å². The molecule has 1 aliphatic rings. The Hall–Kier alpha value is -2.56. The lowest BCUT2D eigenvalue weighted by atomic mass is 9.99. The zero-order valence-electron chi connectivity index (χ0n) is 15.6. The smallest absolute Gasteiger partial charge is 0.251 e. The largest absolute Gasteiger partial charge is 0.493 e. The van der Waals surface area contributed by atoms with Gasteiger partial charge in [-0.05, 0) is 50.5 Å². The van der Waals surface area contributed by atoms with Gasteiger partial charge < -0.3 is 15.0 Å². The van der Waals surface area contributed by atoms with Gasteiger partial charge in [0.2, 0.25) is 0 Å². The van der Waals surface area contributed by atoms with Crippen LogP contribution >= 0.6 is 0 Å². The number of para-hydroxylation sites is 1. The molecule has 138 valence electrons. The summed E-state index contributed by atoms with van der Waals surface area (Å²) in [5, 5.41) is 2.84. The van der Waals surface area contributed by atoms with Crippen LogP contribution in [0.25, 0.3) is 0 Å². The molecular weight excluding hydrogens is 326 g/mol. The lowest BCUT2D eigenvalue weighted by Crippen LogP contribution is -2.38. The molecule has 5 heteroatoms. The van der Waals surface area contributed by atoms with Crippen LogP contribution in [0.1, 0.15) is 35.7 Å². The molecule has 0 bridgehead atoms. The number of hydrogen-bond donors (Lipinski definition) is 1. The first kappa shape index (κ1) is 18.2. The number of rotatable bonds is 6. The van der Waals surface area contributed by atoms with Crippen molar-refractivity contribution in [1.29, 1.82) is 0 Å². The molecule has 1 aromatic carbocycles. The van der Waals surface area contributed by atoms with Gasteiger partial charge in [-0.25, -0.2) is 4.98 Å². The summed E-state index contributed by atoms with van der Waals surface area (Å²) >= 11 is 0. The number of piperidine rings is 1. The second-order valence-corrected chi connectivity index (χ2v) is 6.79. The normalized spacial score (nSPS) is 17.0. The van der Waals surface area contributed by atoms with E-state index in [0.717, 1.165) is 43.1 Å². The molecule has 26 heavy (non-hydrogen) atoms. The maximum Gasteiger partial charge on any atom is 0.251 e. The number of aromatic nitrogens is 1. The number of pyridine rings is 1. The summed E-state index contributed by atoms with van der Waals surface area (Å²) in [6.45, 7) is 7.18. The quantitative estimate of drug-likeness (QED) is 0.864. The number of carbonyl (C=O) groups is 1. The summed E-state index contributed by atoms with van der Waals surface area (Å²) < 4.78 is 6.04. The van der Waals surface area contributed by atoms with Crippen LogP contribution in [0.3, 0.4) is 0 Å². The first-order valence-electron chi connectivity index (χ1n) is 9.35. The van der Waals surface area contributed by atoms with Crippen molar-refractivity contribution < 1.29 is 9.53 Å². The van der Waals surface area contributed by atoms with Crippen LogP contribution < -0.4 is 15.0 Å². The number of carbonyl (C=O) groups excluding carboxylic acids is 1. The predicted octanol–water partition coefficient (Wildman–Crippen LogP) is 3.44. The Morgan fingerprint density at radius 2 is 2.19 bits per heavy atom. The van der Waals surface area contributed by atoms with Crippen molar-refractivity contribution in [1.82, 2.24) is 10.3 Å². The van der Waals surface area contributed by atoms with Crippen LogP contribution in [0.2, 0.25) is 0 Å². The van der Waals surface area contributed by atoms with Crippen LogP contribution in [-0.4, -0.2) is 37.1 Å². The number of anilines is 1. The van der Waals surface area contributed by atoms with Gasteiger partial charge in [0, 0.05) is 37.3 Å². The van der Waals surface area contributed by atoms with E-state index < -0.39 is 0 Å². The first-order valence-corrected chi connectivity index (χ1v) is 9.35. The average molecular weight is 353 g/mol. The zero-order chi connectivity index (χ0) is 18.4. The molecule has 1 unspecified atom stereocenters. The SMILES string of the molecule is CCNC(=O)c1ccnc(N2CCCC(COc3ccccc3C)C2)c1. The Balaban J connectivity index is 1.62. The summed E-state index contributed by atoms with van der Waals surface area (Å²) in [6.07, 6.45) is 3.97. The van der Waals surface area contributed by atoms with Gasteiger partial charge in [-0.1, -0.05) is 18.2 Å². The highest BCUT2D eigenvalue weighted by molar-refractivity contribution is 5.94. The maximum atomic E-state index is 12.1. The molecule has 1 N–H and O–H groups in total. The van der Waals surface area contributed by atoms with Gasteiger partial charge in [0.1, 0.15) is 11.6 Å². The number of ether oxygens (including phenoxy) is 1. The third kappa shape index (κ3) is 4.54. The fourth-order valence-corrected chi connectivity index (χ4v) is 3.33. The Labute approximate surface area is 155 Å². The van der Waals surface area contributed by atoms with E-state index in [2.05, 4.69) is 28.2 Å². The van der Waals surface area contributed by atoms with Gasteiger partial charge in [0.15, 0.2) is 0 Å². The zero-order valence-corrected chi connectivity index (χ0v) is 15.6. The number of amides is 1. The van der Waals surface area contributed by atoms with Gasteiger partial charge >= 0.3 is 0 Å². The highest BCUT2D eigenvalue weighted by atomic mass is 16.5. The highest BCUT2D eigenvalue weighted by Gasteiger charge is 2.22. The highest BCUT2D eigenvalue weighted by Crippen LogP contribution is 2.24. The van der Waals surface area contributed by atoms with Gasteiger partial charge in [-0.3, -0.25) is 4.79 Å². The van der Waals surface area contributed by atoms with E-state index in [-0.39, 0.29) is 5.91 Å². The van der Waals surface area contributed by atoms with Gasteiger partial charge in [-0.2, -0.15) is 0 Å². The molecule has 1 aliphatic heterocycles. The monoisotopic (exact) mass is 353 g/mol. The molecule has 0 saturated carbocycles. The third-order valence-corrected chi connectivity index (χ3v) is 4.76. The van der Waals surface area contributed by atoms with Crippen LogP contribution in [-0.2, 0) is 0 Å². The van der Waals surface area contributed by atoms with Crippen molar-refractivity contribution in [3.63, 3.8) is 0 Å². The molecule has 5 nitrogen and oxygen atoms in total. The number of nitrogens with one attached hydrogen (secondary N) is 1. The Morgan fingerprint density at radius 3 is 3.00 bits per heavy atom. The van der Waals surface area contributed by atoms with Crippen LogP contribution in [0, 0.1) is 12.8 Å². The van der Waals surface area contributed by atoms with E-state index in [9.17, 15) is 4.79 Å². The molecule has 1 aromatic heterocycles. The second-order valence-electron chi connectivity index (χ2n) is 6.79. The van der Waals surface area contributed by atoms with Gasteiger partial charge in [0.05, 0.1) is 6.61 Å². The van der Waals surface area contributed by atoms with E-state index in [1.165, 1.54) is 0 Å². The number of hydrogen-bond acceptors (Lipinski definition) is 4. The maximum absolute atomic E-state index is 12.1. The summed E-state index contributed by atoms with van der Waals surface area (Å²) in [7, 11) is 0. The van der Waals surface area contributed by atoms with Crippen LogP contribution in [0.15, 0.2) is 42.6 Å². The van der Waals surface area contributed by atoms with Gasteiger partial charge in [-0.15, -0.1) is 0 Å². The van der Waals surface area contributed by atoms with Crippen molar-refractivity contribution in [3.8, 4) is 5.75 Å². The fourth-order valence-electron chi connectivity index (χ4n) is 3.33. The molecule has 0 aliphatic carbocycles. The van der Waals surface area contributed by atoms with Crippen molar-refractivity contribution in [2.24, 2.45) is 5.92 Å². The minimum absolute atomic E-state index is 0.0485. The van der Waals surface area contributed by atoms with E-state index in [4.69, 9.17) is 4.74 Å². The fraction of sp³-hybridized carbons (Fsp3) is 0.429. The second kappa shape index (κ2) is 8.70. The molecule has 1 atom stereocenters. The Kier molecular flexibility index (Phi) is 6.10. The predicted molar refractivity (Wildman–Crippen MR) is 104 cm³/mol. The van der Waals surface area contributed by atoms with Crippen LogP contribution in [0.5, 0.6) is 5.75 Å². The molecule has 0 radical (unpaired) electrons. The van der Waals surface area contributed by atoms with Crippen LogP contribution in [0.4, 0.5) is 5.82 Å². The first-order chi connectivity index (χ1) is 12.7. The molecule has 3 rings (SSSR count). The van der Waals surface area contributed by atoms with Gasteiger partial charge in [0.25, 0.3) is 5.91 Å². The molecule has 1 fully saturated rings. The molecule has 1 amide bonds. The summed E-state index contributed by atoms with van der Waals surface area (Å²) in [5.74, 6) is 2.24. The van der Waals surface area contributed by atoms with E-state index in [1.807, 2.05) is 31.2 Å². The van der Waals surface area contributed by atoms with Crippen molar-refractivity contribution in [2.45, 2.75) is 26.7 Å². The molecule has 1 saturated heterocycles. The standard InChI is InChI=1S/C21H27N3O2/c1-3-22-21(25)18-10-11-23-20(13-18)24-12-6-8-17(14-24)15-26-19-9-5-4-7-16(19)2/h4-5,7,9-11,13,17H,3,6,8,12,14-15H2,1-2H3,(H,22,25). The minimum Gasteiger partial charge on any atom is -0.493 e. The Morgan fingerprint density at radius 1 is 1.35 bits per heavy atom. The van der Waals surface area contributed by atoms with Crippen molar-refractivity contribution in [3.05, 3.63) is 53.7 Å².